The molecule has 3 heteroatoms. The van der Waals surface area contributed by atoms with Gasteiger partial charge < -0.3 is 14.8 Å². The molecule has 0 heterocycles. The van der Waals surface area contributed by atoms with Crippen LogP contribution in [0.25, 0.3) is 0 Å². The zero-order valence-corrected chi connectivity index (χ0v) is 12.0. The van der Waals surface area contributed by atoms with Crippen molar-refractivity contribution in [2.45, 2.75) is 51.7 Å². The van der Waals surface area contributed by atoms with Gasteiger partial charge in [-0.25, -0.2) is 0 Å². The summed E-state index contributed by atoms with van der Waals surface area (Å²) in [5.41, 5.74) is 0. The number of para-hydroxylation sites is 2. The second-order valence-electron chi connectivity index (χ2n) is 5.20. The summed E-state index contributed by atoms with van der Waals surface area (Å²) in [5.74, 6) is 1.67. The normalized spacial score (nSPS) is 17.4. The van der Waals surface area contributed by atoms with Crippen LogP contribution in [-0.4, -0.2) is 25.3 Å². The van der Waals surface area contributed by atoms with Crippen molar-refractivity contribution in [2.24, 2.45) is 0 Å². The molecule has 0 aromatic heterocycles. The molecular formula is C16H25NO2. The van der Waals surface area contributed by atoms with Crippen LogP contribution in [-0.2, 0) is 0 Å². The van der Waals surface area contributed by atoms with E-state index in [1.54, 1.807) is 0 Å². The molecule has 0 aliphatic heterocycles. The van der Waals surface area contributed by atoms with Crippen LogP contribution < -0.4 is 14.8 Å². The lowest BCUT2D eigenvalue weighted by molar-refractivity contribution is 0.199. The molecule has 0 radical (unpaired) electrons. The van der Waals surface area contributed by atoms with Gasteiger partial charge in [0.05, 0.1) is 6.61 Å². The summed E-state index contributed by atoms with van der Waals surface area (Å²) in [6.45, 7) is 5.65. The Balaban J connectivity index is 1.82. The molecule has 1 atom stereocenters. The van der Waals surface area contributed by atoms with Gasteiger partial charge in [0.2, 0.25) is 0 Å². The largest absolute Gasteiger partial charge is 0.490 e. The van der Waals surface area contributed by atoms with Crippen molar-refractivity contribution < 1.29 is 9.47 Å². The Hall–Kier alpha value is -1.22. The van der Waals surface area contributed by atoms with Gasteiger partial charge in [-0.2, -0.15) is 0 Å². The van der Waals surface area contributed by atoms with Crippen molar-refractivity contribution in [1.29, 1.82) is 0 Å². The molecule has 1 aromatic rings. The Labute approximate surface area is 116 Å². The number of rotatable bonds is 7. The van der Waals surface area contributed by atoms with E-state index in [0.29, 0.717) is 12.6 Å². The quantitative estimate of drug-likeness (QED) is 0.818. The van der Waals surface area contributed by atoms with E-state index in [2.05, 4.69) is 12.2 Å². The average Bonchev–Trinajstić information content (AvgIpc) is 2.92. The summed E-state index contributed by atoms with van der Waals surface area (Å²) in [5, 5.41) is 3.59. The molecular weight excluding hydrogens is 238 g/mol. The van der Waals surface area contributed by atoms with Gasteiger partial charge in [-0.05, 0) is 38.8 Å². The van der Waals surface area contributed by atoms with Gasteiger partial charge in [-0.15, -0.1) is 0 Å². The van der Waals surface area contributed by atoms with Crippen LogP contribution in [0.15, 0.2) is 24.3 Å². The molecule has 106 valence electrons. The lowest BCUT2D eigenvalue weighted by atomic mass is 10.2. The second kappa shape index (κ2) is 7.39. The molecule has 1 aliphatic carbocycles. The fraction of sp³-hybridized carbons (Fsp3) is 0.625. The third kappa shape index (κ3) is 4.43. The summed E-state index contributed by atoms with van der Waals surface area (Å²) in [6, 6.07) is 8.56. The number of nitrogens with one attached hydrogen (secondary N) is 1. The predicted molar refractivity (Wildman–Crippen MR) is 78.0 cm³/mol. The third-order valence-corrected chi connectivity index (χ3v) is 3.53. The van der Waals surface area contributed by atoms with E-state index in [1.807, 2.05) is 31.2 Å². The van der Waals surface area contributed by atoms with Gasteiger partial charge in [0.25, 0.3) is 0 Å². The first-order valence-corrected chi connectivity index (χ1v) is 7.41. The number of hydrogen-bond donors (Lipinski definition) is 1. The van der Waals surface area contributed by atoms with Crippen LogP contribution >= 0.6 is 0 Å². The maximum absolute atomic E-state index is 5.97. The first-order valence-electron chi connectivity index (χ1n) is 7.41. The van der Waals surface area contributed by atoms with Crippen molar-refractivity contribution in [2.75, 3.05) is 13.2 Å². The van der Waals surface area contributed by atoms with Crippen molar-refractivity contribution in [3.8, 4) is 11.5 Å². The fourth-order valence-electron chi connectivity index (χ4n) is 2.54. The molecule has 2 rings (SSSR count). The Morgan fingerprint density at radius 1 is 1.21 bits per heavy atom. The Bertz CT molecular complexity index is 375. The van der Waals surface area contributed by atoms with E-state index in [1.165, 1.54) is 25.7 Å². The highest BCUT2D eigenvalue weighted by atomic mass is 16.5. The monoisotopic (exact) mass is 263 g/mol. The first kappa shape index (κ1) is 14.2. The van der Waals surface area contributed by atoms with E-state index >= 15 is 0 Å². The zero-order valence-electron chi connectivity index (χ0n) is 12.0. The summed E-state index contributed by atoms with van der Waals surface area (Å²) < 4.78 is 11.5. The SMILES string of the molecule is CCOc1ccccc1OC(C)CNC1CCCC1. The molecule has 1 saturated carbocycles. The topological polar surface area (TPSA) is 30.5 Å². The zero-order chi connectivity index (χ0) is 13.5. The van der Waals surface area contributed by atoms with Crippen molar-refractivity contribution in [3.05, 3.63) is 24.3 Å². The molecule has 0 spiro atoms. The summed E-state index contributed by atoms with van der Waals surface area (Å²) >= 11 is 0. The average molecular weight is 263 g/mol. The molecule has 0 saturated heterocycles. The van der Waals surface area contributed by atoms with Crippen LogP contribution in [0.4, 0.5) is 0 Å². The first-order chi connectivity index (χ1) is 9.29. The van der Waals surface area contributed by atoms with E-state index in [-0.39, 0.29) is 6.10 Å². The molecule has 1 N–H and O–H groups in total. The van der Waals surface area contributed by atoms with Crippen LogP contribution in [0.2, 0.25) is 0 Å². The Kier molecular flexibility index (Phi) is 5.52. The van der Waals surface area contributed by atoms with Gasteiger partial charge >= 0.3 is 0 Å². The molecule has 0 amide bonds. The lowest BCUT2D eigenvalue weighted by Crippen LogP contribution is -2.35. The maximum atomic E-state index is 5.97. The van der Waals surface area contributed by atoms with Gasteiger partial charge in [0.1, 0.15) is 6.10 Å². The van der Waals surface area contributed by atoms with E-state index in [9.17, 15) is 0 Å². The summed E-state index contributed by atoms with van der Waals surface area (Å²) in [4.78, 5) is 0. The Morgan fingerprint density at radius 2 is 1.89 bits per heavy atom. The molecule has 1 unspecified atom stereocenters. The fourth-order valence-corrected chi connectivity index (χ4v) is 2.54. The number of benzene rings is 1. The molecule has 1 fully saturated rings. The second-order valence-corrected chi connectivity index (χ2v) is 5.20. The highest BCUT2D eigenvalue weighted by Crippen LogP contribution is 2.27. The summed E-state index contributed by atoms with van der Waals surface area (Å²) in [6.07, 6.45) is 5.49. The molecule has 0 bridgehead atoms. The highest BCUT2D eigenvalue weighted by Gasteiger charge is 2.16. The smallest absolute Gasteiger partial charge is 0.161 e. The standard InChI is InChI=1S/C16H25NO2/c1-3-18-15-10-6-7-11-16(15)19-13(2)12-17-14-8-4-5-9-14/h6-7,10-11,13-14,17H,3-5,8-9,12H2,1-2H3. The predicted octanol–water partition coefficient (Wildman–Crippen LogP) is 3.38. The van der Waals surface area contributed by atoms with Gasteiger partial charge in [0.15, 0.2) is 11.5 Å². The maximum Gasteiger partial charge on any atom is 0.161 e. The van der Waals surface area contributed by atoms with Crippen LogP contribution in [0, 0.1) is 0 Å². The highest BCUT2D eigenvalue weighted by molar-refractivity contribution is 5.39. The summed E-state index contributed by atoms with van der Waals surface area (Å²) in [7, 11) is 0. The molecule has 1 aliphatic rings. The van der Waals surface area contributed by atoms with E-state index < -0.39 is 0 Å². The van der Waals surface area contributed by atoms with Crippen molar-refractivity contribution >= 4 is 0 Å². The minimum Gasteiger partial charge on any atom is -0.490 e. The van der Waals surface area contributed by atoms with Gasteiger partial charge in [-0.3, -0.25) is 0 Å². The minimum absolute atomic E-state index is 0.155. The van der Waals surface area contributed by atoms with E-state index in [0.717, 1.165) is 18.0 Å². The molecule has 3 nitrogen and oxygen atoms in total. The lowest BCUT2D eigenvalue weighted by Gasteiger charge is -2.20. The van der Waals surface area contributed by atoms with Crippen molar-refractivity contribution in [3.63, 3.8) is 0 Å². The van der Waals surface area contributed by atoms with Crippen LogP contribution in [0.5, 0.6) is 11.5 Å². The number of hydrogen-bond acceptors (Lipinski definition) is 3. The Morgan fingerprint density at radius 3 is 2.58 bits per heavy atom. The van der Waals surface area contributed by atoms with Gasteiger partial charge in [-0.1, -0.05) is 25.0 Å². The molecule has 19 heavy (non-hydrogen) atoms. The van der Waals surface area contributed by atoms with E-state index in [4.69, 9.17) is 9.47 Å². The molecule has 1 aromatic carbocycles. The van der Waals surface area contributed by atoms with Gasteiger partial charge in [0, 0.05) is 12.6 Å². The number of ether oxygens (including phenoxy) is 2. The minimum atomic E-state index is 0.155. The van der Waals surface area contributed by atoms with Crippen molar-refractivity contribution in [1.82, 2.24) is 5.32 Å². The third-order valence-electron chi connectivity index (χ3n) is 3.53. The van der Waals surface area contributed by atoms with Crippen LogP contribution in [0.1, 0.15) is 39.5 Å². The van der Waals surface area contributed by atoms with Crippen LogP contribution in [0.3, 0.4) is 0 Å².